The van der Waals surface area contributed by atoms with Gasteiger partial charge in [0.25, 0.3) is 0 Å². The highest BCUT2D eigenvalue weighted by Gasteiger charge is 2.32. The summed E-state index contributed by atoms with van der Waals surface area (Å²) in [5, 5.41) is 11.6. The van der Waals surface area contributed by atoms with Crippen LogP contribution in [0, 0.1) is 16.7 Å². The molecule has 0 radical (unpaired) electrons. The number of aliphatic carboxylic acids is 1. The zero-order valence-electron chi connectivity index (χ0n) is 11.8. The van der Waals surface area contributed by atoms with Crippen LogP contribution in [0.1, 0.15) is 48.0 Å². The molecule has 0 fully saturated rings. The van der Waals surface area contributed by atoms with Crippen LogP contribution in [-0.2, 0) is 9.59 Å². The molecule has 0 bridgehead atoms. The summed E-state index contributed by atoms with van der Waals surface area (Å²) >= 11 is 0. The Morgan fingerprint density at radius 3 is 2.00 bits per heavy atom. The maximum Gasteiger partial charge on any atom is 0.304 e. The minimum atomic E-state index is -0.951. The van der Waals surface area contributed by atoms with Crippen molar-refractivity contribution in [2.45, 2.75) is 48.0 Å². The zero-order valence-corrected chi connectivity index (χ0v) is 11.8. The van der Waals surface area contributed by atoms with E-state index in [1.165, 1.54) is 0 Å². The molecule has 0 heterocycles. The minimum absolute atomic E-state index is 0.00889. The van der Waals surface area contributed by atoms with Gasteiger partial charge in [0.05, 0.1) is 11.8 Å². The average Bonchev–Trinajstić information content (AvgIpc) is 2.11. The number of carboxylic acids is 1. The monoisotopic (exact) mass is 243 g/mol. The SMILES string of the molecule is CC(C)C(C)(C)CNC(=O)C(C)(C)CC(=O)O. The Morgan fingerprint density at radius 1 is 1.18 bits per heavy atom. The molecule has 1 amide bonds. The van der Waals surface area contributed by atoms with Crippen LogP contribution in [0.5, 0.6) is 0 Å². The molecular weight excluding hydrogens is 218 g/mol. The molecule has 0 atom stereocenters. The summed E-state index contributed by atoms with van der Waals surface area (Å²) in [4.78, 5) is 22.5. The van der Waals surface area contributed by atoms with Crippen LogP contribution in [0.3, 0.4) is 0 Å². The Kier molecular flexibility index (Phi) is 5.17. The number of rotatable bonds is 6. The van der Waals surface area contributed by atoms with Gasteiger partial charge in [-0.3, -0.25) is 9.59 Å². The quantitative estimate of drug-likeness (QED) is 0.752. The lowest BCUT2D eigenvalue weighted by Crippen LogP contribution is -2.43. The lowest BCUT2D eigenvalue weighted by Gasteiger charge is -2.31. The highest BCUT2D eigenvalue weighted by atomic mass is 16.4. The van der Waals surface area contributed by atoms with Crippen molar-refractivity contribution < 1.29 is 14.7 Å². The van der Waals surface area contributed by atoms with Crippen molar-refractivity contribution >= 4 is 11.9 Å². The Morgan fingerprint density at radius 2 is 1.65 bits per heavy atom. The summed E-state index contributed by atoms with van der Waals surface area (Å²) in [5.41, 5.74) is -0.853. The van der Waals surface area contributed by atoms with Gasteiger partial charge in [-0.05, 0) is 11.3 Å². The van der Waals surface area contributed by atoms with Gasteiger partial charge in [0, 0.05) is 6.54 Å². The Balaban J connectivity index is 4.41. The second-order valence-electron chi connectivity index (χ2n) is 6.28. The van der Waals surface area contributed by atoms with Crippen LogP contribution in [-0.4, -0.2) is 23.5 Å². The van der Waals surface area contributed by atoms with E-state index in [4.69, 9.17) is 5.11 Å². The van der Waals surface area contributed by atoms with Gasteiger partial charge in [0.1, 0.15) is 0 Å². The normalized spacial score (nSPS) is 12.6. The van der Waals surface area contributed by atoms with Gasteiger partial charge < -0.3 is 10.4 Å². The van der Waals surface area contributed by atoms with Crippen molar-refractivity contribution in [2.75, 3.05) is 6.54 Å². The van der Waals surface area contributed by atoms with Crippen LogP contribution in [0.15, 0.2) is 0 Å². The Bertz CT molecular complexity index is 293. The minimum Gasteiger partial charge on any atom is -0.481 e. The predicted molar refractivity (Wildman–Crippen MR) is 67.7 cm³/mol. The van der Waals surface area contributed by atoms with Crippen molar-refractivity contribution in [3.05, 3.63) is 0 Å². The molecule has 0 aromatic carbocycles. The molecule has 0 aromatic heterocycles. The first kappa shape index (κ1) is 15.9. The smallest absolute Gasteiger partial charge is 0.304 e. The second-order valence-corrected chi connectivity index (χ2v) is 6.28. The molecule has 0 unspecified atom stereocenters. The first-order valence-electron chi connectivity index (χ1n) is 5.99. The van der Waals surface area contributed by atoms with Gasteiger partial charge in [-0.25, -0.2) is 0 Å². The molecule has 0 aliphatic carbocycles. The molecule has 0 spiro atoms. The van der Waals surface area contributed by atoms with Crippen molar-refractivity contribution in [3.63, 3.8) is 0 Å². The molecule has 4 nitrogen and oxygen atoms in total. The molecule has 2 N–H and O–H groups in total. The highest BCUT2D eigenvalue weighted by Crippen LogP contribution is 2.26. The second kappa shape index (κ2) is 5.52. The summed E-state index contributed by atoms with van der Waals surface area (Å²) in [6.07, 6.45) is -0.152. The number of nitrogens with one attached hydrogen (secondary N) is 1. The zero-order chi connectivity index (χ0) is 13.9. The molecule has 0 rings (SSSR count). The predicted octanol–water partition coefficient (Wildman–Crippen LogP) is 2.29. The van der Waals surface area contributed by atoms with Gasteiger partial charge in [-0.15, -0.1) is 0 Å². The standard InChI is InChI=1S/C13H25NO3/c1-9(2)13(5,6)8-14-11(17)12(3,4)7-10(15)16/h9H,7-8H2,1-6H3,(H,14,17)(H,15,16). The number of hydrogen-bond acceptors (Lipinski definition) is 2. The molecule has 0 aliphatic heterocycles. The highest BCUT2D eigenvalue weighted by molar-refractivity contribution is 5.86. The van der Waals surface area contributed by atoms with E-state index in [0.717, 1.165) is 0 Å². The molecular formula is C13H25NO3. The third kappa shape index (κ3) is 5.20. The van der Waals surface area contributed by atoms with E-state index in [2.05, 4.69) is 33.0 Å². The maximum absolute atomic E-state index is 11.9. The van der Waals surface area contributed by atoms with Gasteiger partial charge in [0.15, 0.2) is 0 Å². The maximum atomic E-state index is 11.9. The van der Waals surface area contributed by atoms with Crippen molar-refractivity contribution in [2.24, 2.45) is 16.7 Å². The Labute approximate surface area is 104 Å². The summed E-state index contributed by atoms with van der Waals surface area (Å²) in [6.45, 7) is 12.2. The van der Waals surface area contributed by atoms with Crippen LogP contribution >= 0.6 is 0 Å². The lowest BCUT2D eigenvalue weighted by atomic mass is 9.80. The molecule has 0 aromatic rings. The van der Waals surface area contributed by atoms with Gasteiger partial charge in [-0.2, -0.15) is 0 Å². The fourth-order valence-corrected chi connectivity index (χ4v) is 1.21. The van der Waals surface area contributed by atoms with E-state index in [-0.39, 0.29) is 17.7 Å². The summed E-state index contributed by atoms with van der Waals surface area (Å²) in [6, 6.07) is 0. The van der Waals surface area contributed by atoms with Crippen LogP contribution < -0.4 is 5.32 Å². The molecule has 0 aliphatic rings. The molecule has 4 heteroatoms. The summed E-state index contributed by atoms with van der Waals surface area (Å²) in [5.74, 6) is -0.702. The lowest BCUT2D eigenvalue weighted by molar-refractivity contribution is -0.144. The van der Waals surface area contributed by atoms with Crippen molar-refractivity contribution in [1.29, 1.82) is 0 Å². The molecule has 0 saturated heterocycles. The number of carboxylic acid groups (broad SMARTS) is 1. The van der Waals surface area contributed by atoms with Crippen LogP contribution in [0.2, 0.25) is 0 Å². The van der Waals surface area contributed by atoms with E-state index in [0.29, 0.717) is 12.5 Å². The van der Waals surface area contributed by atoms with E-state index in [1.807, 2.05) is 0 Å². The van der Waals surface area contributed by atoms with E-state index in [9.17, 15) is 9.59 Å². The van der Waals surface area contributed by atoms with Crippen molar-refractivity contribution in [3.8, 4) is 0 Å². The number of carbonyl (C=O) groups excluding carboxylic acids is 1. The largest absolute Gasteiger partial charge is 0.481 e. The first-order valence-corrected chi connectivity index (χ1v) is 5.99. The third-order valence-corrected chi connectivity index (χ3v) is 3.48. The molecule has 17 heavy (non-hydrogen) atoms. The van der Waals surface area contributed by atoms with Crippen LogP contribution in [0.4, 0.5) is 0 Å². The number of carbonyl (C=O) groups is 2. The number of amides is 1. The number of hydrogen-bond donors (Lipinski definition) is 2. The summed E-state index contributed by atoms with van der Waals surface area (Å²) < 4.78 is 0. The van der Waals surface area contributed by atoms with Crippen LogP contribution in [0.25, 0.3) is 0 Å². The van der Waals surface area contributed by atoms with Gasteiger partial charge >= 0.3 is 5.97 Å². The fraction of sp³-hybridized carbons (Fsp3) is 0.846. The van der Waals surface area contributed by atoms with E-state index in [1.54, 1.807) is 13.8 Å². The molecule has 100 valence electrons. The van der Waals surface area contributed by atoms with Crippen molar-refractivity contribution in [1.82, 2.24) is 5.32 Å². The fourth-order valence-electron chi connectivity index (χ4n) is 1.21. The van der Waals surface area contributed by atoms with E-state index >= 15 is 0 Å². The average molecular weight is 243 g/mol. The third-order valence-electron chi connectivity index (χ3n) is 3.48. The van der Waals surface area contributed by atoms with Gasteiger partial charge in [0.2, 0.25) is 5.91 Å². The summed E-state index contributed by atoms with van der Waals surface area (Å²) in [7, 11) is 0. The topological polar surface area (TPSA) is 66.4 Å². The van der Waals surface area contributed by atoms with Gasteiger partial charge in [-0.1, -0.05) is 41.5 Å². The first-order chi connectivity index (χ1) is 7.49. The van der Waals surface area contributed by atoms with E-state index < -0.39 is 11.4 Å². The Hall–Kier alpha value is -1.06. The molecule has 0 saturated carbocycles.